The lowest BCUT2D eigenvalue weighted by Crippen LogP contribution is -2.35. The first-order chi connectivity index (χ1) is 5.74. The molecule has 0 aromatic carbocycles. The Morgan fingerprint density at radius 1 is 1.58 bits per heavy atom. The number of carboxylic acid groups (broad SMARTS) is 1. The van der Waals surface area contributed by atoms with Crippen molar-refractivity contribution in [3.05, 3.63) is 11.6 Å². The van der Waals surface area contributed by atoms with Crippen LogP contribution in [-0.4, -0.2) is 29.2 Å². The van der Waals surface area contributed by atoms with E-state index >= 15 is 0 Å². The highest BCUT2D eigenvalue weighted by atomic mass is 16.4. The zero-order chi connectivity index (χ0) is 8.97. The minimum absolute atomic E-state index is 0.668. The Hall–Kier alpha value is -0.990. The summed E-state index contributed by atoms with van der Waals surface area (Å²) in [7, 11) is 0. The summed E-state index contributed by atoms with van der Waals surface area (Å²) in [5, 5.41) is 8.66. The summed E-state index contributed by atoms with van der Waals surface area (Å²) in [5.41, 5.74) is 1.41. The summed E-state index contributed by atoms with van der Waals surface area (Å²) >= 11 is 0. The van der Waals surface area contributed by atoms with Crippen molar-refractivity contribution in [3.63, 3.8) is 0 Å². The highest BCUT2D eigenvalue weighted by molar-refractivity contribution is 5.65. The van der Waals surface area contributed by atoms with Gasteiger partial charge >= 0.3 is 6.09 Å². The van der Waals surface area contributed by atoms with Crippen LogP contribution in [0.4, 0.5) is 4.79 Å². The van der Waals surface area contributed by atoms with Crippen molar-refractivity contribution in [2.45, 2.75) is 26.2 Å². The van der Waals surface area contributed by atoms with Crippen molar-refractivity contribution in [3.8, 4) is 0 Å². The summed E-state index contributed by atoms with van der Waals surface area (Å²) in [6.45, 7) is 3.44. The molecule has 1 aliphatic rings. The Morgan fingerprint density at radius 2 is 2.17 bits per heavy atom. The first-order valence-electron chi connectivity index (χ1n) is 4.39. The number of amides is 1. The summed E-state index contributed by atoms with van der Waals surface area (Å²) in [5.74, 6) is 0. The molecule has 0 spiro atoms. The minimum atomic E-state index is -0.787. The molecule has 0 aliphatic carbocycles. The van der Waals surface area contributed by atoms with E-state index in [1.165, 1.54) is 10.5 Å². The van der Waals surface area contributed by atoms with Gasteiger partial charge in [0.05, 0.1) is 0 Å². The van der Waals surface area contributed by atoms with E-state index in [0.29, 0.717) is 13.1 Å². The van der Waals surface area contributed by atoms with Crippen molar-refractivity contribution in [1.29, 1.82) is 0 Å². The van der Waals surface area contributed by atoms with Gasteiger partial charge in [-0.25, -0.2) is 4.79 Å². The highest BCUT2D eigenvalue weighted by Gasteiger charge is 2.16. The van der Waals surface area contributed by atoms with Gasteiger partial charge in [-0.05, 0) is 19.3 Å². The van der Waals surface area contributed by atoms with Gasteiger partial charge in [0.25, 0.3) is 0 Å². The Morgan fingerprint density at radius 3 is 2.58 bits per heavy atom. The van der Waals surface area contributed by atoms with Crippen molar-refractivity contribution >= 4 is 6.09 Å². The lowest BCUT2D eigenvalue weighted by atomic mass is 10.0. The normalized spacial score (nSPS) is 17.8. The molecule has 0 bridgehead atoms. The summed E-state index contributed by atoms with van der Waals surface area (Å²) in [6.07, 6.45) is 4.31. The highest BCUT2D eigenvalue weighted by Crippen LogP contribution is 2.16. The Labute approximate surface area is 72.7 Å². The molecular formula is C9H15NO2. The van der Waals surface area contributed by atoms with E-state index < -0.39 is 6.09 Å². The van der Waals surface area contributed by atoms with Gasteiger partial charge in [0.1, 0.15) is 0 Å². The van der Waals surface area contributed by atoms with Gasteiger partial charge in [0.15, 0.2) is 0 Å². The fraction of sp³-hybridized carbons (Fsp3) is 0.667. The van der Waals surface area contributed by atoms with Crippen LogP contribution in [0.3, 0.4) is 0 Å². The Kier molecular flexibility index (Phi) is 3.14. The smallest absolute Gasteiger partial charge is 0.407 e. The lowest BCUT2D eigenvalue weighted by Gasteiger charge is -2.25. The van der Waals surface area contributed by atoms with Crippen LogP contribution >= 0.6 is 0 Å². The van der Waals surface area contributed by atoms with Crippen molar-refractivity contribution < 1.29 is 9.90 Å². The lowest BCUT2D eigenvalue weighted by molar-refractivity contribution is 0.141. The Balaban J connectivity index is 2.39. The number of allylic oxidation sites excluding steroid dienone is 1. The molecule has 12 heavy (non-hydrogen) atoms. The van der Waals surface area contributed by atoms with Gasteiger partial charge in [0.2, 0.25) is 0 Å². The molecule has 3 heteroatoms. The number of nitrogens with zero attached hydrogens (tertiary/aromatic N) is 1. The van der Waals surface area contributed by atoms with E-state index in [2.05, 4.69) is 13.0 Å². The molecule has 1 heterocycles. The van der Waals surface area contributed by atoms with E-state index in [0.717, 1.165) is 19.3 Å². The van der Waals surface area contributed by atoms with Crippen LogP contribution in [0.15, 0.2) is 11.6 Å². The molecule has 1 amide bonds. The zero-order valence-corrected chi connectivity index (χ0v) is 7.42. The number of likely N-dealkylation sites (tertiary alicyclic amines) is 1. The number of piperidine rings is 1. The van der Waals surface area contributed by atoms with Gasteiger partial charge in [-0.1, -0.05) is 18.6 Å². The van der Waals surface area contributed by atoms with Gasteiger partial charge < -0.3 is 10.0 Å². The molecule has 0 radical (unpaired) electrons. The minimum Gasteiger partial charge on any atom is -0.465 e. The third-order valence-electron chi connectivity index (χ3n) is 2.17. The average molecular weight is 169 g/mol. The predicted octanol–water partition coefficient (Wildman–Crippen LogP) is 2.10. The second-order valence-electron chi connectivity index (χ2n) is 3.04. The maximum atomic E-state index is 10.5. The van der Waals surface area contributed by atoms with Crippen molar-refractivity contribution in [1.82, 2.24) is 4.90 Å². The number of rotatable bonds is 1. The van der Waals surface area contributed by atoms with Gasteiger partial charge in [0, 0.05) is 13.1 Å². The van der Waals surface area contributed by atoms with Gasteiger partial charge in [-0.15, -0.1) is 0 Å². The van der Waals surface area contributed by atoms with Crippen LogP contribution in [-0.2, 0) is 0 Å². The fourth-order valence-corrected chi connectivity index (χ4v) is 1.48. The number of hydrogen-bond donors (Lipinski definition) is 1. The monoisotopic (exact) mass is 169 g/mol. The molecule has 0 aromatic heterocycles. The molecule has 0 atom stereocenters. The van der Waals surface area contributed by atoms with Crippen LogP contribution in [0.25, 0.3) is 0 Å². The molecule has 1 N–H and O–H groups in total. The van der Waals surface area contributed by atoms with Gasteiger partial charge in [-0.3, -0.25) is 0 Å². The van der Waals surface area contributed by atoms with Crippen LogP contribution in [0, 0.1) is 0 Å². The van der Waals surface area contributed by atoms with Crippen LogP contribution in [0.2, 0.25) is 0 Å². The molecule has 3 nitrogen and oxygen atoms in total. The van der Waals surface area contributed by atoms with Crippen molar-refractivity contribution in [2.75, 3.05) is 13.1 Å². The predicted molar refractivity (Wildman–Crippen MR) is 47.2 cm³/mol. The van der Waals surface area contributed by atoms with E-state index in [1.807, 2.05) is 0 Å². The number of carbonyl (C=O) groups is 1. The summed E-state index contributed by atoms with van der Waals surface area (Å²) in [6, 6.07) is 0. The topological polar surface area (TPSA) is 40.5 Å². The van der Waals surface area contributed by atoms with Gasteiger partial charge in [-0.2, -0.15) is 0 Å². The average Bonchev–Trinajstić information content (AvgIpc) is 2.06. The molecule has 0 unspecified atom stereocenters. The number of hydrogen-bond acceptors (Lipinski definition) is 1. The van der Waals surface area contributed by atoms with Crippen LogP contribution in [0.5, 0.6) is 0 Å². The molecule has 0 saturated carbocycles. The zero-order valence-electron chi connectivity index (χ0n) is 7.42. The maximum Gasteiger partial charge on any atom is 0.407 e. The molecule has 1 fully saturated rings. The molecule has 1 rings (SSSR count). The van der Waals surface area contributed by atoms with E-state index in [9.17, 15) is 4.79 Å². The first-order valence-corrected chi connectivity index (χ1v) is 4.39. The standard InChI is InChI=1S/C9H15NO2/c1-2-3-8-4-6-10(7-5-8)9(11)12/h3H,2,4-7H2,1H3,(H,11,12). The third kappa shape index (κ3) is 2.26. The Bertz CT molecular complexity index is 189. The molecular weight excluding hydrogens is 154 g/mol. The van der Waals surface area contributed by atoms with E-state index in [-0.39, 0.29) is 0 Å². The van der Waals surface area contributed by atoms with E-state index in [4.69, 9.17) is 5.11 Å². The molecule has 1 saturated heterocycles. The molecule has 1 aliphatic heterocycles. The second-order valence-corrected chi connectivity index (χ2v) is 3.04. The maximum absolute atomic E-state index is 10.5. The molecule has 68 valence electrons. The fourth-order valence-electron chi connectivity index (χ4n) is 1.48. The third-order valence-corrected chi connectivity index (χ3v) is 2.17. The SMILES string of the molecule is CCC=C1CCN(C(=O)O)CC1. The quantitative estimate of drug-likeness (QED) is 0.610. The summed E-state index contributed by atoms with van der Waals surface area (Å²) in [4.78, 5) is 12.0. The van der Waals surface area contributed by atoms with Crippen LogP contribution in [0.1, 0.15) is 26.2 Å². The van der Waals surface area contributed by atoms with Crippen LogP contribution < -0.4 is 0 Å². The second kappa shape index (κ2) is 4.14. The van der Waals surface area contributed by atoms with E-state index in [1.54, 1.807) is 0 Å². The molecule has 0 aromatic rings. The van der Waals surface area contributed by atoms with Crippen molar-refractivity contribution in [2.24, 2.45) is 0 Å². The largest absolute Gasteiger partial charge is 0.465 e. The summed E-state index contributed by atoms with van der Waals surface area (Å²) < 4.78 is 0. The first kappa shape index (κ1) is 9.10.